The second kappa shape index (κ2) is 6.12. The third kappa shape index (κ3) is 4.22. The van der Waals surface area contributed by atoms with Crippen LogP contribution in [-0.2, 0) is 6.54 Å². The first-order valence-electron chi connectivity index (χ1n) is 5.20. The largest absolute Gasteiger partial charge is 0.338 e. The maximum Gasteiger partial charge on any atom is 0.240 e. The van der Waals surface area contributed by atoms with Gasteiger partial charge in [-0.15, -0.1) is 0 Å². The standard InChI is InChI=1S/C10H19N3OS/c1-5-15-7-8(2)13(4)6-10-11-9(3)12-14-10/h8H,5-7H2,1-4H3/t8-/m1/s1. The molecular formula is C10H19N3OS. The number of thioether (sulfide) groups is 1. The zero-order chi connectivity index (χ0) is 11.3. The quantitative estimate of drug-likeness (QED) is 0.746. The first kappa shape index (κ1) is 12.5. The van der Waals surface area contributed by atoms with Crippen molar-refractivity contribution in [2.24, 2.45) is 0 Å². The van der Waals surface area contributed by atoms with Gasteiger partial charge in [0.15, 0.2) is 5.82 Å². The molecule has 0 aliphatic heterocycles. The summed E-state index contributed by atoms with van der Waals surface area (Å²) in [5, 5.41) is 3.77. The van der Waals surface area contributed by atoms with Crippen LogP contribution < -0.4 is 0 Å². The van der Waals surface area contributed by atoms with Crippen molar-refractivity contribution >= 4 is 11.8 Å². The van der Waals surface area contributed by atoms with Gasteiger partial charge in [0.1, 0.15) is 0 Å². The summed E-state index contributed by atoms with van der Waals surface area (Å²) < 4.78 is 5.08. The van der Waals surface area contributed by atoms with Crippen molar-refractivity contribution in [3.63, 3.8) is 0 Å². The Bertz CT molecular complexity index is 290. The number of nitrogens with zero attached hydrogens (tertiary/aromatic N) is 3. The van der Waals surface area contributed by atoms with Crippen LogP contribution in [0.4, 0.5) is 0 Å². The molecule has 86 valence electrons. The van der Waals surface area contributed by atoms with Crippen molar-refractivity contribution in [1.82, 2.24) is 15.0 Å². The van der Waals surface area contributed by atoms with Crippen LogP contribution in [0.1, 0.15) is 25.6 Å². The van der Waals surface area contributed by atoms with E-state index in [4.69, 9.17) is 4.52 Å². The second-order valence-electron chi connectivity index (χ2n) is 3.66. The normalized spacial score (nSPS) is 13.4. The Balaban J connectivity index is 2.37. The number of aromatic nitrogens is 2. The zero-order valence-electron chi connectivity index (χ0n) is 9.86. The van der Waals surface area contributed by atoms with Crippen molar-refractivity contribution in [1.29, 1.82) is 0 Å². The molecule has 0 spiro atoms. The minimum Gasteiger partial charge on any atom is -0.338 e. The third-order valence-corrected chi connectivity index (χ3v) is 3.40. The molecule has 1 heterocycles. The van der Waals surface area contributed by atoms with E-state index in [-0.39, 0.29) is 0 Å². The van der Waals surface area contributed by atoms with Gasteiger partial charge in [-0.3, -0.25) is 4.90 Å². The second-order valence-corrected chi connectivity index (χ2v) is 4.98. The van der Waals surface area contributed by atoms with Crippen LogP contribution in [0.25, 0.3) is 0 Å². The van der Waals surface area contributed by atoms with Crippen LogP contribution in [0.5, 0.6) is 0 Å². The molecule has 0 aliphatic carbocycles. The molecule has 1 aromatic heterocycles. The molecule has 5 heteroatoms. The van der Waals surface area contributed by atoms with Crippen LogP contribution in [0.15, 0.2) is 4.52 Å². The fraction of sp³-hybridized carbons (Fsp3) is 0.800. The molecule has 0 amide bonds. The van der Waals surface area contributed by atoms with Gasteiger partial charge < -0.3 is 4.52 Å². The number of hydrogen-bond acceptors (Lipinski definition) is 5. The molecule has 0 N–H and O–H groups in total. The maximum absolute atomic E-state index is 5.08. The summed E-state index contributed by atoms with van der Waals surface area (Å²) in [6, 6.07) is 0.530. The fourth-order valence-electron chi connectivity index (χ4n) is 1.19. The topological polar surface area (TPSA) is 42.2 Å². The van der Waals surface area contributed by atoms with Crippen LogP contribution in [0.3, 0.4) is 0 Å². The van der Waals surface area contributed by atoms with E-state index in [1.54, 1.807) is 0 Å². The molecule has 0 aliphatic rings. The Hall–Kier alpha value is -0.550. The third-order valence-electron chi connectivity index (χ3n) is 2.27. The van der Waals surface area contributed by atoms with E-state index < -0.39 is 0 Å². The summed E-state index contributed by atoms with van der Waals surface area (Å²) in [6.45, 7) is 6.96. The van der Waals surface area contributed by atoms with E-state index in [1.165, 1.54) is 0 Å². The van der Waals surface area contributed by atoms with E-state index in [1.807, 2.05) is 18.7 Å². The lowest BCUT2D eigenvalue weighted by Crippen LogP contribution is -2.30. The zero-order valence-corrected chi connectivity index (χ0v) is 10.7. The molecule has 0 fully saturated rings. The average molecular weight is 229 g/mol. The highest BCUT2D eigenvalue weighted by molar-refractivity contribution is 7.99. The van der Waals surface area contributed by atoms with Gasteiger partial charge in [0.2, 0.25) is 5.89 Å². The first-order chi connectivity index (χ1) is 7.13. The van der Waals surface area contributed by atoms with Crippen LogP contribution >= 0.6 is 11.8 Å². The number of aryl methyl sites for hydroxylation is 1. The smallest absolute Gasteiger partial charge is 0.240 e. The van der Waals surface area contributed by atoms with Gasteiger partial charge in [-0.1, -0.05) is 12.1 Å². The van der Waals surface area contributed by atoms with Crippen LogP contribution in [0, 0.1) is 6.92 Å². The summed E-state index contributed by atoms with van der Waals surface area (Å²) in [4.78, 5) is 6.42. The molecule has 1 aromatic rings. The SMILES string of the molecule is CCSC[C@@H](C)N(C)Cc1nc(C)no1. The lowest BCUT2D eigenvalue weighted by atomic mass is 10.3. The number of hydrogen-bond donors (Lipinski definition) is 0. The fourth-order valence-corrected chi connectivity index (χ4v) is 2.02. The molecule has 0 saturated carbocycles. The molecule has 0 unspecified atom stereocenters. The van der Waals surface area contributed by atoms with Gasteiger partial charge in [0.05, 0.1) is 6.54 Å². The predicted molar refractivity (Wildman–Crippen MR) is 63.0 cm³/mol. The van der Waals surface area contributed by atoms with Crippen LogP contribution in [0.2, 0.25) is 0 Å². The highest BCUT2D eigenvalue weighted by atomic mass is 32.2. The highest BCUT2D eigenvalue weighted by Crippen LogP contribution is 2.09. The Kier molecular flexibility index (Phi) is 5.11. The molecule has 1 rings (SSSR count). The van der Waals surface area contributed by atoms with E-state index >= 15 is 0 Å². The van der Waals surface area contributed by atoms with Gasteiger partial charge >= 0.3 is 0 Å². The summed E-state index contributed by atoms with van der Waals surface area (Å²) in [6.07, 6.45) is 0. The minimum atomic E-state index is 0.530. The molecular weight excluding hydrogens is 210 g/mol. The van der Waals surface area contributed by atoms with Gasteiger partial charge in [0, 0.05) is 11.8 Å². The summed E-state index contributed by atoms with van der Waals surface area (Å²) in [5.74, 6) is 3.70. The average Bonchev–Trinajstić information content (AvgIpc) is 2.60. The van der Waals surface area contributed by atoms with E-state index in [9.17, 15) is 0 Å². The molecule has 0 bridgehead atoms. The highest BCUT2D eigenvalue weighted by Gasteiger charge is 2.12. The van der Waals surface area contributed by atoms with Crippen molar-refractivity contribution in [2.75, 3.05) is 18.6 Å². The van der Waals surface area contributed by atoms with Gasteiger partial charge in [-0.2, -0.15) is 16.7 Å². The van der Waals surface area contributed by atoms with E-state index in [0.29, 0.717) is 17.8 Å². The summed E-state index contributed by atoms with van der Waals surface area (Å²) in [5.41, 5.74) is 0. The Morgan fingerprint density at radius 3 is 2.80 bits per heavy atom. The molecule has 0 aromatic carbocycles. The summed E-state index contributed by atoms with van der Waals surface area (Å²) >= 11 is 1.95. The van der Waals surface area contributed by atoms with Gasteiger partial charge in [-0.25, -0.2) is 0 Å². The van der Waals surface area contributed by atoms with Crippen molar-refractivity contribution in [3.8, 4) is 0 Å². The monoisotopic (exact) mass is 229 g/mol. The molecule has 4 nitrogen and oxygen atoms in total. The minimum absolute atomic E-state index is 0.530. The maximum atomic E-state index is 5.08. The lowest BCUT2D eigenvalue weighted by Gasteiger charge is -2.22. The van der Waals surface area contributed by atoms with Crippen LogP contribution in [-0.4, -0.2) is 39.6 Å². The van der Waals surface area contributed by atoms with Gasteiger partial charge in [0.25, 0.3) is 0 Å². The lowest BCUT2D eigenvalue weighted by molar-refractivity contribution is 0.228. The molecule has 1 atom stereocenters. The van der Waals surface area contributed by atoms with Crippen molar-refractivity contribution in [3.05, 3.63) is 11.7 Å². The molecule has 0 saturated heterocycles. The van der Waals surface area contributed by atoms with Crippen molar-refractivity contribution < 1.29 is 4.52 Å². The Morgan fingerprint density at radius 1 is 1.53 bits per heavy atom. The van der Waals surface area contributed by atoms with E-state index in [0.717, 1.165) is 18.1 Å². The first-order valence-corrected chi connectivity index (χ1v) is 6.36. The molecule has 0 radical (unpaired) electrons. The van der Waals surface area contributed by atoms with Crippen molar-refractivity contribution in [2.45, 2.75) is 33.4 Å². The Morgan fingerprint density at radius 2 is 2.27 bits per heavy atom. The van der Waals surface area contributed by atoms with Gasteiger partial charge in [-0.05, 0) is 26.6 Å². The van der Waals surface area contributed by atoms with E-state index in [2.05, 4.69) is 35.9 Å². The summed E-state index contributed by atoms with van der Waals surface area (Å²) in [7, 11) is 2.08. The number of rotatable bonds is 6. The molecule has 15 heavy (non-hydrogen) atoms. The Labute approximate surface area is 95.4 Å². The predicted octanol–water partition coefficient (Wildman–Crippen LogP) is 1.95.